The summed E-state index contributed by atoms with van der Waals surface area (Å²) >= 11 is 0. The van der Waals surface area contributed by atoms with Gasteiger partial charge < -0.3 is 19.1 Å². The maximum absolute atomic E-state index is 12.8. The first-order valence-corrected chi connectivity index (χ1v) is 10.2. The van der Waals surface area contributed by atoms with E-state index in [1.165, 1.54) is 6.39 Å². The Labute approximate surface area is 160 Å². The van der Waals surface area contributed by atoms with Crippen LogP contribution in [0.2, 0.25) is 0 Å². The second kappa shape index (κ2) is 7.26. The molecule has 1 unspecified atom stereocenters. The molecule has 27 heavy (non-hydrogen) atoms. The first kappa shape index (κ1) is 18.5. The van der Waals surface area contributed by atoms with Crippen LogP contribution in [0.5, 0.6) is 0 Å². The normalized spacial score (nSPS) is 26.1. The van der Waals surface area contributed by atoms with E-state index in [4.69, 9.17) is 4.42 Å². The van der Waals surface area contributed by atoms with Gasteiger partial charge in [-0.25, -0.2) is 4.98 Å². The fourth-order valence-electron chi connectivity index (χ4n) is 4.98. The van der Waals surface area contributed by atoms with E-state index in [1.54, 1.807) is 0 Å². The van der Waals surface area contributed by atoms with Gasteiger partial charge in [0.05, 0.1) is 0 Å². The van der Waals surface area contributed by atoms with E-state index in [-0.39, 0.29) is 11.3 Å². The van der Waals surface area contributed by atoms with Crippen LogP contribution in [0, 0.1) is 5.41 Å². The first-order chi connectivity index (χ1) is 13.0. The fourth-order valence-corrected chi connectivity index (χ4v) is 4.98. The minimum atomic E-state index is -0.0170. The molecule has 1 aromatic rings. The third-order valence-electron chi connectivity index (χ3n) is 6.78. The molecule has 1 atom stereocenters. The van der Waals surface area contributed by atoms with Crippen molar-refractivity contribution in [2.45, 2.75) is 51.5 Å². The van der Waals surface area contributed by atoms with Crippen molar-refractivity contribution >= 4 is 11.8 Å². The molecule has 2 amide bonds. The highest BCUT2D eigenvalue weighted by molar-refractivity contribution is 5.93. The van der Waals surface area contributed by atoms with Crippen molar-refractivity contribution in [2.75, 3.05) is 39.8 Å². The predicted molar refractivity (Wildman–Crippen MR) is 100 cm³/mol. The number of likely N-dealkylation sites (N-methyl/N-ethyl adjacent to an activating group) is 1. The van der Waals surface area contributed by atoms with Crippen LogP contribution in [0.25, 0.3) is 0 Å². The topological polar surface area (TPSA) is 69.9 Å². The molecule has 3 aliphatic heterocycles. The lowest BCUT2D eigenvalue weighted by Gasteiger charge is -2.48. The number of carbonyl (C=O) groups is 2. The smallest absolute Gasteiger partial charge is 0.276 e. The molecule has 1 aromatic heterocycles. The van der Waals surface area contributed by atoms with E-state index in [0.717, 1.165) is 58.4 Å². The molecule has 7 heteroatoms. The highest BCUT2D eigenvalue weighted by atomic mass is 16.3. The van der Waals surface area contributed by atoms with Gasteiger partial charge in [0, 0.05) is 45.1 Å². The lowest BCUT2D eigenvalue weighted by atomic mass is 9.72. The van der Waals surface area contributed by atoms with Crippen LogP contribution >= 0.6 is 0 Å². The molecular formula is C20H30N4O3. The summed E-state index contributed by atoms with van der Waals surface area (Å²) in [6, 6.07) is 0.363. The number of hydrogen-bond donors (Lipinski definition) is 0. The molecule has 1 spiro atoms. The molecule has 3 fully saturated rings. The van der Waals surface area contributed by atoms with Gasteiger partial charge in [-0.15, -0.1) is 0 Å². The third kappa shape index (κ3) is 3.49. The van der Waals surface area contributed by atoms with Gasteiger partial charge in [0.1, 0.15) is 5.76 Å². The van der Waals surface area contributed by atoms with E-state index in [9.17, 15) is 9.59 Å². The second-order valence-corrected chi connectivity index (χ2v) is 8.50. The number of aromatic nitrogens is 1. The summed E-state index contributed by atoms with van der Waals surface area (Å²) < 4.78 is 5.32. The Morgan fingerprint density at radius 2 is 2.07 bits per heavy atom. The number of carbonyl (C=O) groups excluding carboxylic acids is 2. The van der Waals surface area contributed by atoms with E-state index in [1.807, 2.05) is 11.8 Å². The molecule has 4 rings (SSSR count). The SMILES string of the molecule is CCc1ocnc1C(=O)N1CCC2(CCC(=O)N(C3CCN(C)C3)C2)CC1. The minimum absolute atomic E-state index is 0.0170. The Morgan fingerprint density at radius 1 is 1.30 bits per heavy atom. The van der Waals surface area contributed by atoms with Gasteiger partial charge >= 0.3 is 0 Å². The molecule has 3 saturated heterocycles. The highest BCUT2D eigenvalue weighted by Gasteiger charge is 2.44. The maximum atomic E-state index is 12.8. The van der Waals surface area contributed by atoms with Gasteiger partial charge in [0.2, 0.25) is 5.91 Å². The molecule has 0 bridgehead atoms. The van der Waals surface area contributed by atoms with Crippen LogP contribution in [-0.2, 0) is 11.2 Å². The molecule has 0 aliphatic carbocycles. The molecule has 4 heterocycles. The van der Waals surface area contributed by atoms with Crippen molar-refractivity contribution in [1.29, 1.82) is 0 Å². The molecule has 0 saturated carbocycles. The molecule has 0 aromatic carbocycles. The number of likely N-dealkylation sites (tertiary alicyclic amines) is 3. The van der Waals surface area contributed by atoms with Crippen molar-refractivity contribution in [1.82, 2.24) is 19.7 Å². The average molecular weight is 374 g/mol. The van der Waals surface area contributed by atoms with Crippen molar-refractivity contribution in [2.24, 2.45) is 5.41 Å². The summed E-state index contributed by atoms with van der Waals surface area (Å²) in [5.41, 5.74) is 0.631. The Morgan fingerprint density at radius 3 is 2.74 bits per heavy atom. The van der Waals surface area contributed by atoms with Crippen LogP contribution in [0.15, 0.2) is 10.8 Å². The van der Waals surface area contributed by atoms with Crippen LogP contribution in [0.1, 0.15) is 55.3 Å². The van der Waals surface area contributed by atoms with E-state index < -0.39 is 0 Å². The summed E-state index contributed by atoms with van der Waals surface area (Å²) in [5.74, 6) is 0.964. The van der Waals surface area contributed by atoms with E-state index in [2.05, 4.69) is 21.8 Å². The summed E-state index contributed by atoms with van der Waals surface area (Å²) in [7, 11) is 2.13. The van der Waals surface area contributed by atoms with Crippen molar-refractivity contribution in [3.8, 4) is 0 Å². The molecule has 148 valence electrons. The van der Waals surface area contributed by atoms with Crippen molar-refractivity contribution in [3.05, 3.63) is 17.8 Å². The first-order valence-electron chi connectivity index (χ1n) is 10.2. The lowest BCUT2D eigenvalue weighted by Crippen LogP contribution is -2.55. The highest BCUT2D eigenvalue weighted by Crippen LogP contribution is 2.41. The number of amides is 2. The number of nitrogens with zero attached hydrogens (tertiary/aromatic N) is 4. The summed E-state index contributed by atoms with van der Waals surface area (Å²) in [6.07, 6.45) is 6.64. The lowest BCUT2D eigenvalue weighted by molar-refractivity contribution is -0.141. The monoisotopic (exact) mass is 374 g/mol. The number of rotatable bonds is 3. The predicted octanol–water partition coefficient (Wildman–Crippen LogP) is 1.79. The summed E-state index contributed by atoms with van der Waals surface area (Å²) in [4.78, 5) is 35.8. The van der Waals surface area contributed by atoms with Gasteiger partial charge in [-0.3, -0.25) is 9.59 Å². The second-order valence-electron chi connectivity index (χ2n) is 8.50. The fraction of sp³-hybridized carbons (Fsp3) is 0.750. The van der Waals surface area contributed by atoms with Crippen LogP contribution in [-0.4, -0.2) is 77.3 Å². The van der Waals surface area contributed by atoms with Crippen molar-refractivity contribution < 1.29 is 14.0 Å². The van der Waals surface area contributed by atoms with E-state index in [0.29, 0.717) is 36.2 Å². The zero-order chi connectivity index (χ0) is 19.0. The zero-order valence-corrected chi connectivity index (χ0v) is 16.4. The summed E-state index contributed by atoms with van der Waals surface area (Å²) in [6.45, 7) is 6.36. The van der Waals surface area contributed by atoms with E-state index >= 15 is 0 Å². The standard InChI is InChI=1S/C20H30N4O3/c1-3-16-18(21-14-27-16)19(26)23-10-7-20(8-11-23)6-4-17(25)24(13-20)15-5-9-22(2)12-15/h14-15H,3-13H2,1-2H3. The van der Waals surface area contributed by atoms with Crippen LogP contribution < -0.4 is 0 Å². The quantitative estimate of drug-likeness (QED) is 0.807. The maximum Gasteiger partial charge on any atom is 0.276 e. The number of aryl methyl sites for hydroxylation is 1. The van der Waals surface area contributed by atoms with Gasteiger partial charge in [0.15, 0.2) is 12.1 Å². The number of hydrogen-bond acceptors (Lipinski definition) is 5. The Balaban J connectivity index is 1.40. The van der Waals surface area contributed by atoms with Crippen LogP contribution in [0.3, 0.4) is 0 Å². The van der Waals surface area contributed by atoms with Crippen LogP contribution in [0.4, 0.5) is 0 Å². The van der Waals surface area contributed by atoms with Gasteiger partial charge in [0.25, 0.3) is 5.91 Å². The van der Waals surface area contributed by atoms with Crippen molar-refractivity contribution in [3.63, 3.8) is 0 Å². The number of oxazole rings is 1. The minimum Gasteiger partial charge on any atom is -0.448 e. The Bertz CT molecular complexity index is 708. The molecule has 7 nitrogen and oxygen atoms in total. The molecule has 0 N–H and O–H groups in total. The third-order valence-corrected chi connectivity index (χ3v) is 6.78. The molecular weight excluding hydrogens is 344 g/mol. The van der Waals surface area contributed by atoms with Gasteiger partial charge in [-0.05, 0) is 44.7 Å². The number of piperidine rings is 2. The van der Waals surface area contributed by atoms with Gasteiger partial charge in [-0.2, -0.15) is 0 Å². The Kier molecular flexibility index (Phi) is 4.97. The zero-order valence-electron chi connectivity index (χ0n) is 16.4. The Hall–Kier alpha value is -1.89. The molecule has 0 radical (unpaired) electrons. The molecule has 3 aliphatic rings. The summed E-state index contributed by atoms with van der Waals surface area (Å²) in [5, 5.41) is 0. The average Bonchev–Trinajstić information content (AvgIpc) is 3.33. The largest absolute Gasteiger partial charge is 0.448 e. The van der Waals surface area contributed by atoms with Gasteiger partial charge in [-0.1, -0.05) is 6.92 Å².